The van der Waals surface area contributed by atoms with Crippen LogP contribution in [-0.4, -0.2) is 62.8 Å². The van der Waals surface area contributed by atoms with E-state index < -0.39 is 28.4 Å². The molecule has 0 saturated heterocycles. The van der Waals surface area contributed by atoms with E-state index in [9.17, 15) is 19.2 Å². The largest absolute Gasteiger partial charge is 0.460 e. The summed E-state index contributed by atoms with van der Waals surface area (Å²) in [6.07, 6.45) is 2.27. The third kappa shape index (κ3) is 9.00. The fourth-order valence-corrected chi connectivity index (χ4v) is 9.53. The van der Waals surface area contributed by atoms with Gasteiger partial charge in [-0.3, -0.25) is 19.4 Å². The van der Waals surface area contributed by atoms with Crippen LogP contribution in [0.15, 0.2) is 114 Å². The van der Waals surface area contributed by atoms with Crippen LogP contribution in [0.3, 0.4) is 0 Å². The van der Waals surface area contributed by atoms with Crippen LogP contribution >= 0.6 is 34.9 Å². The molecule has 0 spiro atoms. The number of thioether (sulfide) groups is 2. The maximum absolute atomic E-state index is 13.6. The van der Waals surface area contributed by atoms with Gasteiger partial charge in [0.05, 0.1) is 23.5 Å². The lowest BCUT2D eigenvalue weighted by atomic mass is 9.84. The maximum Gasteiger partial charge on any atom is 0.329 e. The van der Waals surface area contributed by atoms with Gasteiger partial charge in [-0.05, 0) is 35.6 Å². The van der Waals surface area contributed by atoms with Crippen LogP contribution in [0, 0.1) is 5.92 Å². The van der Waals surface area contributed by atoms with Crippen molar-refractivity contribution in [3.8, 4) is 0 Å². The predicted molar refractivity (Wildman–Crippen MR) is 213 cm³/mol. The van der Waals surface area contributed by atoms with Crippen LogP contribution in [0.25, 0.3) is 0 Å². The molecule has 12 heteroatoms. The molecule has 1 unspecified atom stereocenters. The Kier molecular flexibility index (Phi) is 12.3. The number of fused-ring (bicyclic) bond motifs is 4. The number of hydrogen-bond acceptors (Lipinski definition) is 10. The zero-order chi connectivity index (χ0) is 37.4. The molecule has 0 radical (unpaired) electrons. The summed E-state index contributed by atoms with van der Waals surface area (Å²) in [5, 5.41) is 8.96. The normalized spacial score (nSPS) is 21.2. The number of amides is 2. The number of nitrogens with zero attached hydrogens (tertiary/aromatic N) is 2. The van der Waals surface area contributed by atoms with E-state index in [1.807, 2.05) is 73.8 Å². The quantitative estimate of drug-likeness (QED) is 0.104. The first-order valence-corrected chi connectivity index (χ1v) is 20.4. The van der Waals surface area contributed by atoms with Crippen molar-refractivity contribution in [2.24, 2.45) is 10.9 Å². The monoisotopic (exact) mass is 766 g/mol. The lowest BCUT2D eigenvalue weighted by Crippen LogP contribution is -2.53. The second kappa shape index (κ2) is 17.1. The third-order valence-electron chi connectivity index (χ3n) is 9.11. The number of cyclic esters (lactones) is 1. The van der Waals surface area contributed by atoms with Gasteiger partial charge in [0, 0.05) is 17.6 Å². The van der Waals surface area contributed by atoms with E-state index in [4.69, 9.17) is 9.73 Å². The molecule has 2 aliphatic heterocycles. The Balaban J connectivity index is 1.20. The van der Waals surface area contributed by atoms with Gasteiger partial charge in [0.25, 0.3) is 0 Å². The molecular weight excluding hydrogens is 725 g/mol. The van der Waals surface area contributed by atoms with Gasteiger partial charge in [0.1, 0.15) is 33.4 Å². The van der Waals surface area contributed by atoms with E-state index in [0.717, 1.165) is 16.7 Å². The zero-order valence-electron chi connectivity index (χ0n) is 29.8. The van der Waals surface area contributed by atoms with Crippen molar-refractivity contribution < 1.29 is 23.9 Å². The minimum absolute atomic E-state index is 0.124. The number of carbonyl (C=O) groups is 4. The van der Waals surface area contributed by atoms with Crippen LogP contribution in [0.4, 0.5) is 0 Å². The number of hydrogen-bond donors (Lipinski definition) is 2. The maximum atomic E-state index is 13.6. The Morgan fingerprint density at radius 1 is 0.981 bits per heavy atom. The number of esters is 1. The molecule has 2 N–H and O–H groups in total. The second-order valence-corrected chi connectivity index (χ2v) is 16.6. The number of rotatable bonds is 10. The van der Waals surface area contributed by atoms with Gasteiger partial charge in [-0.2, -0.15) is 0 Å². The minimum Gasteiger partial charge on any atom is -0.460 e. The molecule has 0 saturated carbocycles. The van der Waals surface area contributed by atoms with Gasteiger partial charge >= 0.3 is 5.97 Å². The van der Waals surface area contributed by atoms with Gasteiger partial charge in [-0.15, -0.1) is 34.9 Å². The van der Waals surface area contributed by atoms with Crippen molar-refractivity contribution in [2.75, 3.05) is 11.5 Å². The van der Waals surface area contributed by atoms with E-state index in [1.165, 1.54) is 29.2 Å². The molecule has 6 rings (SSSR count). The van der Waals surface area contributed by atoms with Gasteiger partial charge < -0.3 is 15.4 Å². The summed E-state index contributed by atoms with van der Waals surface area (Å²) in [6.45, 7) is 5.58. The first-order chi connectivity index (χ1) is 25.6. The van der Waals surface area contributed by atoms with E-state index in [-0.39, 0.29) is 48.7 Å². The van der Waals surface area contributed by atoms with Crippen LogP contribution in [0.5, 0.6) is 0 Å². The molecule has 3 heterocycles. The molecular formula is C41H42N4O5S3. The minimum atomic E-state index is -1.08. The fraction of sp³-hybridized carbons (Fsp3) is 0.317. The molecule has 4 bridgehead atoms. The molecule has 2 aliphatic rings. The van der Waals surface area contributed by atoms with E-state index in [2.05, 4.69) is 52.0 Å². The Morgan fingerprint density at radius 3 is 2.17 bits per heavy atom. The second-order valence-electron chi connectivity index (χ2n) is 13.5. The summed E-state index contributed by atoms with van der Waals surface area (Å²) in [5.74, 6) is -1.21. The number of thiazole rings is 1. The van der Waals surface area contributed by atoms with E-state index in [0.29, 0.717) is 21.5 Å². The molecule has 3 atom stereocenters. The van der Waals surface area contributed by atoms with Crippen LogP contribution in [0.1, 0.15) is 61.0 Å². The van der Waals surface area contributed by atoms with Crippen molar-refractivity contribution in [1.29, 1.82) is 0 Å². The molecule has 2 amide bonds. The molecule has 9 nitrogen and oxygen atoms in total. The molecule has 53 heavy (non-hydrogen) atoms. The van der Waals surface area contributed by atoms with Crippen molar-refractivity contribution in [3.63, 3.8) is 0 Å². The average molecular weight is 767 g/mol. The van der Waals surface area contributed by atoms with Crippen LogP contribution in [-0.2, 0) is 35.2 Å². The first-order valence-electron chi connectivity index (χ1n) is 17.5. The Hall–Kier alpha value is -4.52. The smallest absolute Gasteiger partial charge is 0.329 e. The zero-order valence-corrected chi connectivity index (χ0v) is 32.3. The number of carbonyl (C=O) groups excluding carboxylic acids is 4. The van der Waals surface area contributed by atoms with Gasteiger partial charge in [-0.1, -0.05) is 111 Å². The molecule has 274 valence electrons. The topological polar surface area (TPSA) is 127 Å². The number of ketones is 1. The number of allylic oxidation sites excluding steroid dienone is 1. The summed E-state index contributed by atoms with van der Waals surface area (Å²) in [4.78, 5) is 63.2. The predicted octanol–water partition coefficient (Wildman–Crippen LogP) is 6.71. The lowest BCUT2D eigenvalue weighted by molar-refractivity contribution is -0.155. The van der Waals surface area contributed by atoms with Gasteiger partial charge in [0.15, 0.2) is 5.78 Å². The SMILES string of the molecule is CC(C)C1NC(=O)[C@]2(C)CSC(=N2)c2csc(n2)CNC(=O)C[C@@H](C/C=C/C(=O)CSC(c2ccccc2)(c2ccccc2)c2ccccc2)OC1=O. The van der Waals surface area contributed by atoms with Crippen molar-refractivity contribution in [3.05, 3.63) is 136 Å². The third-order valence-corrected chi connectivity index (χ3v) is 12.8. The van der Waals surface area contributed by atoms with Gasteiger partial charge in [-0.25, -0.2) is 9.78 Å². The summed E-state index contributed by atoms with van der Waals surface area (Å²) < 4.78 is 5.26. The molecule has 0 aliphatic carbocycles. The Bertz CT molecular complexity index is 1890. The van der Waals surface area contributed by atoms with Crippen molar-refractivity contribution in [1.82, 2.24) is 15.6 Å². The highest BCUT2D eigenvalue weighted by Crippen LogP contribution is 2.48. The fourth-order valence-electron chi connectivity index (χ4n) is 6.24. The number of aliphatic imine (C=N–C) groups is 1. The molecule has 3 aromatic carbocycles. The molecule has 4 aromatic rings. The average Bonchev–Trinajstić information content (AvgIpc) is 3.81. The number of ether oxygens (including phenoxy) is 1. The Labute approximate surface area is 322 Å². The highest BCUT2D eigenvalue weighted by atomic mass is 32.2. The Morgan fingerprint density at radius 2 is 1.58 bits per heavy atom. The molecule has 0 fully saturated rings. The van der Waals surface area contributed by atoms with E-state index in [1.54, 1.807) is 24.8 Å². The van der Waals surface area contributed by atoms with Crippen LogP contribution in [0.2, 0.25) is 0 Å². The summed E-state index contributed by atoms with van der Waals surface area (Å²) in [5.41, 5.74) is 2.74. The standard InChI is InChI=1S/C41H42N4O5S3/c1-27(2)36-38(48)50-32(22-34(47)42-23-35-43-33(25-51-35)37-45-40(3,26-52-37)39(49)44-36)21-13-20-31(46)24-53-41(28-14-7-4-8-15-28,29-16-9-5-10-17-29)30-18-11-6-12-19-30/h4-20,25,27,32,36H,21-24,26H2,1-3H3,(H,42,47)(H,44,49)/b20-13+/t32-,36?,40+/m1/s1. The van der Waals surface area contributed by atoms with Crippen molar-refractivity contribution in [2.45, 2.75) is 62.6 Å². The highest BCUT2D eigenvalue weighted by molar-refractivity contribution is 8.14. The summed E-state index contributed by atoms with van der Waals surface area (Å²) in [6, 6.07) is 29.5. The first kappa shape index (κ1) is 38.2. The van der Waals surface area contributed by atoms with Gasteiger partial charge in [0.2, 0.25) is 11.8 Å². The summed E-state index contributed by atoms with van der Waals surface area (Å²) >= 11 is 4.37. The highest BCUT2D eigenvalue weighted by Gasteiger charge is 2.42. The molecule has 1 aromatic heterocycles. The van der Waals surface area contributed by atoms with E-state index >= 15 is 0 Å². The number of benzene rings is 3. The number of aromatic nitrogens is 1. The van der Waals surface area contributed by atoms with Crippen molar-refractivity contribution >= 4 is 63.5 Å². The van der Waals surface area contributed by atoms with Crippen LogP contribution < -0.4 is 10.6 Å². The lowest BCUT2D eigenvalue weighted by Gasteiger charge is -2.35. The number of nitrogens with one attached hydrogen (secondary N) is 2. The summed E-state index contributed by atoms with van der Waals surface area (Å²) in [7, 11) is 0.